The summed E-state index contributed by atoms with van der Waals surface area (Å²) in [6.07, 6.45) is 0.263. The molecule has 1 N–H and O–H groups in total. The number of hydrogen-bond donors (Lipinski definition) is 1. The first-order valence-corrected chi connectivity index (χ1v) is 7.41. The topological polar surface area (TPSA) is 70.0 Å². The first-order chi connectivity index (χ1) is 7.89. The van der Waals surface area contributed by atoms with Gasteiger partial charge in [-0.1, -0.05) is 22.9 Å². The van der Waals surface area contributed by atoms with Gasteiger partial charge in [0.15, 0.2) is 5.25 Å². The van der Waals surface area contributed by atoms with Crippen molar-refractivity contribution in [1.29, 1.82) is 5.26 Å². The zero-order valence-corrected chi connectivity index (χ0v) is 12.0. The molecule has 0 fully saturated rings. The lowest BCUT2D eigenvalue weighted by atomic mass is 10.2. The zero-order valence-electron chi connectivity index (χ0n) is 9.57. The molecular weight excluding hydrogens is 304 g/mol. The number of anilines is 1. The summed E-state index contributed by atoms with van der Waals surface area (Å²) in [5.74, 6) is 0. The van der Waals surface area contributed by atoms with E-state index < -0.39 is 15.3 Å². The van der Waals surface area contributed by atoms with Crippen molar-refractivity contribution in [2.24, 2.45) is 0 Å². The fraction of sp³-hybridized carbons (Fsp3) is 0.364. The standard InChI is InChI=1S/C11H13BrN2O2S/c1-3-11(7-13)17(15,16)14-10-5-8(2)4-9(12)6-10/h4-6,11,14H,3H2,1-2H3. The average Bonchev–Trinajstić information content (AvgIpc) is 2.15. The van der Waals surface area contributed by atoms with Crippen molar-refractivity contribution in [3.63, 3.8) is 0 Å². The molecule has 1 aromatic carbocycles. The minimum Gasteiger partial charge on any atom is -0.282 e. The first-order valence-electron chi connectivity index (χ1n) is 5.07. The summed E-state index contributed by atoms with van der Waals surface area (Å²) in [4.78, 5) is 0. The number of rotatable bonds is 4. The average molecular weight is 317 g/mol. The predicted octanol–water partition coefficient (Wildman–Crippen LogP) is 2.80. The van der Waals surface area contributed by atoms with Crippen LogP contribution in [0.3, 0.4) is 0 Å². The van der Waals surface area contributed by atoms with Crippen molar-refractivity contribution in [1.82, 2.24) is 0 Å². The third kappa shape index (κ3) is 3.72. The summed E-state index contributed by atoms with van der Waals surface area (Å²) in [6, 6.07) is 7.03. The molecule has 0 saturated carbocycles. The van der Waals surface area contributed by atoms with Crippen LogP contribution in [0.25, 0.3) is 0 Å². The highest BCUT2D eigenvalue weighted by molar-refractivity contribution is 9.10. The van der Waals surface area contributed by atoms with Crippen LogP contribution in [0, 0.1) is 18.3 Å². The van der Waals surface area contributed by atoms with Gasteiger partial charge in [0.25, 0.3) is 0 Å². The van der Waals surface area contributed by atoms with Crippen molar-refractivity contribution in [2.75, 3.05) is 4.72 Å². The van der Waals surface area contributed by atoms with Crippen LogP contribution in [0.15, 0.2) is 22.7 Å². The number of benzene rings is 1. The third-order valence-corrected chi connectivity index (χ3v) is 4.36. The molecule has 0 spiro atoms. The highest BCUT2D eigenvalue weighted by Gasteiger charge is 2.23. The molecule has 1 aromatic rings. The number of aryl methyl sites for hydroxylation is 1. The Morgan fingerprint density at radius 1 is 1.47 bits per heavy atom. The Bertz CT molecular complexity index is 529. The summed E-state index contributed by atoms with van der Waals surface area (Å²) in [6.45, 7) is 3.53. The molecule has 1 unspecified atom stereocenters. The van der Waals surface area contributed by atoms with E-state index in [0.717, 1.165) is 10.0 Å². The van der Waals surface area contributed by atoms with Gasteiger partial charge >= 0.3 is 0 Å². The normalized spacial score (nSPS) is 12.8. The summed E-state index contributed by atoms with van der Waals surface area (Å²) >= 11 is 3.29. The van der Waals surface area contributed by atoms with Crippen molar-refractivity contribution >= 4 is 31.6 Å². The van der Waals surface area contributed by atoms with Crippen LogP contribution in [0.2, 0.25) is 0 Å². The van der Waals surface area contributed by atoms with E-state index in [-0.39, 0.29) is 6.42 Å². The van der Waals surface area contributed by atoms with E-state index in [1.54, 1.807) is 25.1 Å². The number of nitriles is 1. The summed E-state index contributed by atoms with van der Waals surface area (Å²) in [5, 5.41) is 7.74. The van der Waals surface area contributed by atoms with Crippen LogP contribution < -0.4 is 4.72 Å². The molecule has 17 heavy (non-hydrogen) atoms. The molecule has 0 heterocycles. The number of halogens is 1. The molecule has 0 amide bonds. The van der Waals surface area contributed by atoms with Crippen LogP contribution >= 0.6 is 15.9 Å². The maximum Gasteiger partial charge on any atom is 0.249 e. The van der Waals surface area contributed by atoms with Crippen molar-refractivity contribution in [3.8, 4) is 6.07 Å². The number of sulfonamides is 1. The summed E-state index contributed by atoms with van der Waals surface area (Å²) in [5.41, 5.74) is 1.40. The van der Waals surface area contributed by atoms with Gasteiger partial charge in [0.1, 0.15) is 0 Å². The van der Waals surface area contributed by atoms with E-state index in [4.69, 9.17) is 5.26 Å². The lowest BCUT2D eigenvalue weighted by molar-refractivity contribution is 0.593. The van der Waals surface area contributed by atoms with E-state index in [0.29, 0.717) is 5.69 Å². The Kier molecular flexibility index (Phi) is 4.54. The lowest BCUT2D eigenvalue weighted by Crippen LogP contribution is -2.25. The van der Waals surface area contributed by atoms with Gasteiger partial charge in [-0.2, -0.15) is 5.26 Å². The predicted molar refractivity (Wildman–Crippen MR) is 71.1 cm³/mol. The summed E-state index contributed by atoms with van der Waals surface area (Å²) < 4.78 is 26.9. The minimum atomic E-state index is -3.64. The van der Waals surface area contributed by atoms with Gasteiger partial charge in [0, 0.05) is 10.2 Å². The van der Waals surface area contributed by atoms with Gasteiger partial charge in [-0.3, -0.25) is 4.72 Å². The smallest absolute Gasteiger partial charge is 0.249 e. The van der Waals surface area contributed by atoms with Crippen LogP contribution in [-0.4, -0.2) is 13.7 Å². The second-order valence-corrected chi connectivity index (χ2v) is 6.47. The molecule has 0 bridgehead atoms. The molecule has 4 nitrogen and oxygen atoms in total. The monoisotopic (exact) mass is 316 g/mol. The van der Waals surface area contributed by atoms with E-state index in [9.17, 15) is 8.42 Å². The Hall–Kier alpha value is -1.06. The molecule has 0 radical (unpaired) electrons. The highest BCUT2D eigenvalue weighted by atomic mass is 79.9. The Balaban J connectivity index is 3.02. The number of hydrogen-bond acceptors (Lipinski definition) is 3. The summed E-state index contributed by atoms with van der Waals surface area (Å²) in [7, 11) is -3.64. The molecule has 0 aliphatic heterocycles. The van der Waals surface area contributed by atoms with E-state index in [2.05, 4.69) is 20.7 Å². The van der Waals surface area contributed by atoms with E-state index >= 15 is 0 Å². The molecule has 6 heteroatoms. The molecule has 1 rings (SSSR count). The van der Waals surface area contributed by atoms with Crippen LogP contribution in [-0.2, 0) is 10.0 Å². The number of nitrogens with one attached hydrogen (secondary N) is 1. The molecule has 0 saturated heterocycles. The third-order valence-electron chi connectivity index (χ3n) is 2.19. The largest absolute Gasteiger partial charge is 0.282 e. The lowest BCUT2D eigenvalue weighted by Gasteiger charge is -2.12. The van der Waals surface area contributed by atoms with Crippen molar-refractivity contribution in [3.05, 3.63) is 28.2 Å². The molecule has 0 aliphatic carbocycles. The van der Waals surface area contributed by atoms with Crippen LogP contribution in [0.4, 0.5) is 5.69 Å². The van der Waals surface area contributed by atoms with Crippen molar-refractivity contribution < 1.29 is 8.42 Å². The maximum absolute atomic E-state index is 11.8. The quantitative estimate of drug-likeness (QED) is 0.928. The molecule has 0 aromatic heterocycles. The second-order valence-electron chi connectivity index (χ2n) is 3.69. The Labute approximate surface area is 110 Å². The Morgan fingerprint density at radius 2 is 2.12 bits per heavy atom. The van der Waals surface area contributed by atoms with Crippen LogP contribution in [0.1, 0.15) is 18.9 Å². The van der Waals surface area contributed by atoms with E-state index in [1.807, 2.05) is 13.0 Å². The molecular formula is C11H13BrN2O2S. The SMILES string of the molecule is CCC(C#N)S(=O)(=O)Nc1cc(C)cc(Br)c1. The highest BCUT2D eigenvalue weighted by Crippen LogP contribution is 2.21. The van der Waals surface area contributed by atoms with Gasteiger partial charge < -0.3 is 0 Å². The van der Waals surface area contributed by atoms with Gasteiger partial charge in [-0.05, 0) is 37.1 Å². The fourth-order valence-corrected chi connectivity index (χ4v) is 3.18. The van der Waals surface area contributed by atoms with Crippen molar-refractivity contribution in [2.45, 2.75) is 25.5 Å². The van der Waals surface area contributed by atoms with Gasteiger partial charge in [0.2, 0.25) is 10.0 Å². The maximum atomic E-state index is 11.8. The van der Waals surface area contributed by atoms with E-state index in [1.165, 1.54) is 0 Å². The van der Waals surface area contributed by atoms with Gasteiger partial charge in [0.05, 0.1) is 6.07 Å². The zero-order chi connectivity index (χ0) is 13.1. The molecule has 92 valence electrons. The van der Waals surface area contributed by atoms with Crippen LogP contribution in [0.5, 0.6) is 0 Å². The minimum absolute atomic E-state index is 0.263. The molecule has 0 aliphatic rings. The van der Waals surface area contributed by atoms with Gasteiger partial charge in [-0.15, -0.1) is 0 Å². The van der Waals surface area contributed by atoms with Gasteiger partial charge in [-0.25, -0.2) is 8.42 Å². The second kappa shape index (κ2) is 5.52. The molecule has 1 atom stereocenters. The first kappa shape index (κ1) is 14.0. The number of nitrogens with zero attached hydrogens (tertiary/aromatic N) is 1. The fourth-order valence-electron chi connectivity index (χ4n) is 1.41. The Morgan fingerprint density at radius 3 is 2.59 bits per heavy atom.